The summed E-state index contributed by atoms with van der Waals surface area (Å²) in [4.78, 5) is 8.18. The lowest BCUT2D eigenvalue weighted by atomic mass is 9.77. The highest BCUT2D eigenvalue weighted by molar-refractivity contribution is 5.46. The first-order valence-electron chi connectivity index (χ1n) is 11.4. The van der Waals surface area contributed by atoms with Crippen LogP contribution in [-0.4, -0.2) is 9.97 Å². The Bertz CT molecular complexity index is 1200. The van der Waals surface area contributed by atoms with E-state index in [-0.39, 0.29) is 5.92 Å². The van der Waals surface area contributed by atoms with E-state index in [2.05, 4.69) is 40.3 Å². The number of hydrogen-bond donors (Lipinski definition) is 0. The number of hydrogen-bond acceptors (Lipinski definition) is 3. The minimum Gasteiger partial charge on any atom is -0.261 e. The van der Waals surface area contributed by atoms with Gasteiger partial charge >= 0.3 is 6.18 Å². The molecule has 2 heterocycles. The van der Waals surface area contributed by atoms with Gasteiger partial charge in [0.1, 0.15) is 5.69 Å². The topological polar surface area (TPSA) is 49.6 Å². The number of halogens is 3. The predicted molar refractivity (Wildman–Crippen MR) is 119 cm³/mol. The van der Waals surface area contributed by atoms with Crippen LogP contribution in [0.4, 0.5) is 13.2 Å². The molecule has 6 heteroatoms. The van der Waals surface area contributed by atoms with Crippen LogP contribution in [0.2, 0.25) is 0 Å². The van der Waals surface area contributed by atoms with Crippen LogP contribution in [-0.2, 0) is 31.9 Å². The summed E-state index contributed by atoms with van der Waals surface area (Å²) in [6, 6.07) is 13.4. The lowest BCUT2D eigenvalue weighted by Gasteiger charge is -2.27. The zero-order chi connectivity index (χ0) is 23.0. The second-order valence-electron chi connectivity index (χ2n) is 9.12. The van der Waals surface area contributed by atoms with Crippen LogP contribution in [0.1, 0.15) is 75.9 Å². The highest BCUT2D eigenvalue weighted by Crippen LogP contribution is 2.42. The molecule has 5 rings (SSSR count). The molecule has 2 aromatic heterocycles. The molecule has 0 radical (unpaired) electrons. The second kappa shape index (κ2) is 8.62. The summed E-state index contributed by atoms with van der Waals surface area (Å²) in [5.74, 6) is 0.893. The molecule has 1 saturated carbocycles. The minimum atomic E-state index is -4.42. The quantitative estimate of drug-likeness (QED) is 0.461. The van der Waals surface area contributed by atoms with Crippen LogP contribution in [0, 0.1) is 11.3 Å². The minimum absolute atomic E-state index is 0.274. The molecule has 0 spiro atoms. The third kappa shape index (κ3) is 4.64. The first kappa shape index (κ1) is 21.6. The lowest BCUT2D eigenvalue weighted by Crippen LogP contribution is -2.17. The lowest BCUT2D eigenvalue weighted by molar-refractivity contribution is -0.141. The average Bonchev–Trinajstić information content (AvgIpc) is 3.67. The van der Waals surface area contributed by atoms with Crippen molar-refractivity contribution < 1.29 is 13.2 Å². The van der Waals surface area contributed by atoms with E-state index in [9.17, 15) is 18.4 Å². The van der Waals surface area contributed by atoms with Gasteiger partial charge in [-0.1, -0.05) is 18.2 Å². The van der Waals surface area contributed by atoms with Crippen LogP contribution >= 0.6 is 0 Å². The Morgan fingerprint density at radius 2 is 1.82 bits per heavy atom. The van der Waals surface area contributed by atoms with Gasteiger partial charge in [-0.3, -0.25) is 9.97 Å². The van der Waals surface area contributed by atoms with Gasteiger partial charge in [-0.25, -0.2) is 0 Å². The van der Waals surface area contributed by atoms with E-state index >= 15 is 0 Å². The van der Waals surface area contributed by atoms with Crippen molar-refractivity contribution in [2.45, 2.75) is 63.0 Å². The molecule has 1 aromatic carbocycles. The Kier molecular flexibility index (Phi) is 5.65. The maximum absolute atomic E-state index is 12.8. The zero-order valence-electron chi connectivity index (χ0n) is 18.2. The van der Waals surface area contributed by atoms with E-state index in [0.717, 1.165) is 47.7 Å². The van der Waals surface area contributed by atoms with Gasteiger partial charge in [0.15, 0.2) is 0 Å². The van der Waals surface area contributed by atoms with Crippen molar-refractivity contribution in [2.75, 3.05) is 0 Å². The van der Waals surface area contributed by atoms with Gasteiger partial charge in [-0.05, 0) is 103 Å². The maximum atomic E-state index is 12.8. The summed E-state index contributed by atoms with van der Waals surface area (Å²) in [7, 11) is 0. The van der Waals surface area contributed by atoms with Crippen molar-refractivity contribution in [3.05, 3.63) is 93.6 Å². The smallest absolute Gasteiger partial charge is 0.261 e. The third-order valence-electron chi connectivity index (χ3n) is 6.91. The molecule has 0 N–H and O–H groups in total. The summed E-state index contributed by atoms with van der Waals surface area (Å²) < 4.78 is 38.3. The average molecular weight is 448 g/mol. The summed E-state index contributed by atoms with van der Waals surface area (Å²) in [5, 5.41) is 9.77. The Hall–Kier alpha value is -3.20. The fourth-order valence-electron chi connectivity index (χ4n) is 4.92. The fourth-order valence-corrected chi connectivity index (χ4v) is 4.92. The van der Waals surface area contributed by atoms with Gasteiger partial charge in [-0.2, -0.15) is 18.4 Å². The van der Waals surface area contributed by atoms with Crippen molar-refractivity contribution in [3.63, 3.8) is 0 Å². The molecule has 0 amide bonds. The Balaban J connectivity index is 1.34. The van der Waals surface area contributed by atoms with Gasteiger partial charge < -0.3 is 0 Å². The fraction of sp³-hybridized carbons (Fsp3) is 0.370. The molecule has 2 aliphatic rings. The Morgan fingerprint density at radius 1 is 0.970 bits per heavy atom. The SMILES string of the molecule is N#Cc1cc(C2CC2)ccc1C1CCc2ccnc(CCc3ccc(C(F)(F)F)nc3)c2C1. The molecule has 33 heavy (non-hydrogen) atoms. The van der Waals surface area contributed by atoms with E-state index in [1.807, 2.05) is 6.20 Å². The Morgan fingerprint density at radius 3 is 2.52 bits per heavy atom. The third-order valence-corrected chi connectivity index (χ3v) is 6.91. The van der Waals surface area contributed by atoms with Crippen molar-refractivity contribution >= 4 is 0 Å². The summed E-state index contributed by atoms with van der Waals surface area (Å²) in [6.45, 7) is 0. The van der Waals surface area contributed by atoms with E-state index in [1.54, 1.807) is 0 Å². The number of nitrogens with zero attached hydrogens (tertiary/aromatic N) is 3. The van der Waals surface area contributed by atoms with Crippen molar-refractivity contribution in [3.8, 4) is 6.07 Å². The van der Waals surface area contributed by atoms with E-state index in [1.165, 1.54) is 41.8 Å². The number of rotatable bonds is 5. The van der Waals surface area contributed by atoms with Crippen LogP contribution in [0.25, 0.3) is 0 Å². The first-order valence-corrected chi connectivity index (χ1v) is 11.4. The molecule has 0 bridgehead atoms. The predicted octanol–water partition coefficient (Wildman–Crippen LogP) is 6.30. The van der Waals surface area contributed by atoms with Crippen LogP contribution in [0.5, 0.6) is 0 Å². The zero-order valence-corrected chi connectivity index (χ0v) is 18.2. The van der Waals surface area contributed by atoms with Gasteiger partial charge in [0.05, 0.1) is 11.6 Å². The number of benzene rings is 1. The number of alkyl halides is 3. The summed E-state index contributed by atoms with van der Waals surface area (Å²) >= 11 is 0. The molecule has 0 aliphatic heterocycles. The Labute approximate surface area is 191 Å². The highest BCUT2D eigenvalue weighted by Gasteiger charge is 2.32. The molecule has 1 fully saturated rings. The monoisotopic (exact) mass is 447 g/mol. The van der Waals surface area contributed by atoms with Gasteiger partial charge in [0, 0.05) is 18.1 Å². The standard InChI is InChI=1S/C27H24F3N3/c28-27(29,30)26-10-2-17(16-33-26)1-9-25-24-14-21(6-5-19(24)11-12-32-25)23-8-7-20(18-3-4-18)13-22(23)15-31/h2,7-8,10-13,16,18,21H,1,3-6,9,14H2. The van der Waals surface area contributed by atoms with Crippen molar-refractivity contribution in [1.29, 1.82) is 5.26 Å². The van der Waals surface area contributed by atoms with Gasteiger partial charge in [0.2, 0.25) is 0 Å². The number of fused-ring (bicyclic) bond motifs is 1. The van der Waals surface area contributed by atoms with Crippen LogP contribution < -0.4 is 0 Å². The molecular formula is C27H24F3N3. The van der Waals surface area contributed by atoms with E-state index in [4.69, 9.17) is 0 Å². The molecular weight excluding hydrogens is 423 g/mol. The molecule has 3 aromatic rings. The molecule has 3 nitrogen and oxygen atoms in total. The van der Waals surface area contributed by atoms with Crippen LogP contribution in [0.3, 0.4) is 0 Å². The number of aryl methyl sites for hydroxylation is 3. The highest BCUT2D eigenvalue weighted by atomic mass is 19.4. The number of pyridine rings is 2. The number of aromatic nitrogens is 2. The summed E-state index contributed by atoms with van der Waals surface area (Å²) in [6.07, 6.45) is 5.13. The van der Waals surface area contributed by atoms with Gasteiger partial charge in [-0.15, -0.1) is 0 Å². The largest absolute Gasteiger partial charge is 0.433 e. The van der Waals surface area contributed by atoms with Gasteiger partial charge in [0.25, 0.3) is 0 Å². The van der Waals surface area contributed by atoms with Crippen molar-refractivity contribution in [1.82, 2.24) is 9.97 Å². The van der Waals surface area contributed by atoms with E-state index in [0.29, 0.717) is 18.8 Å². The first-order chi connectivity index (χ1) is 15.9. The normalized spacial score (nSPS) is 17.9. The van der Waals surface area contributed by atoms with Crippen molar-refractivity contribution in [2.24, 2.45) is 0 Å². The maximum Gasteiger partial charge on any atom is 0.433 e. The van der Waals surface area contributed by atoms with E-state index < -0.39 is 11.9 Å². The molecule has 1 unspecified atom stereocenters. The molecule has 1 atom stereocenters. The molecule has 168 valence electrons. The van der Waals surface area contributed by atoms with Crippen LogP contribution in [0.15, 0.2) is 48.8 Å². The second-order valence-corrected chi connectivity index (χ2v) is 9.12. The number of nitriles is 1. The molecule has 0 saturated heterocycles. The molecule has 2 aliphatic carbocycles. The summed E-state index contributed by atoms with van der Waals surface area (Å²) in [5.41, 5.74) is 6.58.